The Morgan fingerprint density at radius 1 is 1.07 bits per heavy atom. The van der Waals surface area contributed by atoms with E-state index in [0.717, 1.165) is 26.2 Å². The Hall–Kier alpha value is -3.66. The van der Waals surface area contributed by atoms with Crippen LogP contribution in [0.15, 0.2) is 54.2 Å². The van der Waals surface area contributed by atoms with Gasteiger partial charge in [0.1, 0.15) is 11.6 Å². The standard InChI is InChI=1S/C23H26N4O3/c1-17-5-4-6-20(13-17)27-11-9-26(10-12-27)16-18(15-24)23(28)25-19-7-8-21(29-2)22(14-19)30-3/h4-8,13-14,16H,9-12H2,1-3H3,(H,25,28)/b18-16-. The van der Waals surface area contributed by atoms with Crippen LogP contribution in [0.25, 0.3) is 0 Å². The maximum atomic E-state index is 12.6. The monoisotopic (exact) mass is 406 g/mol. The Bertz CT molecular complexity index is 973. The van der Waals surface area contributed by atoms with Gasteiger partial charge in [-0.15, -0.1) is 0 Å². The highest BCUT2D eigenvalue weighted by Crippen LogP contribution is 2.29. The molecule has 30 heavy (non-hydrogen) atoms. The minimum atomic E-state index is -0.453. The Morgan fingerprint density at radius 3 is 2.43 bits per heavy atom. The summed E-state index contributed by atoms with van der Waals surface area (Å²) >= 11 is 0. The average Bonchev–Trinajstić information content (AvgIpc) is 2.77. The van der Waals surface area contributed by atoms with Crippen molar-refractivity contribution in [3.63, 3.8) is 0 Å². The summed E-state index contributed by atoms with van der Waals surface area (Å²) < 4.78 is 10.5. The number of methoxy groups -OCH3 is 2. The molecule has 1 N–H and O–H groups in total. The van der Waals surface area contributed by atoms with Crippen molar-refractivity contribution in [2.24, 2.45) is 0 Å². The Morgan fingerprint density at radius 2 is 1.80 bits per heavy atom. The molecule has 156 valence electrons. The number of amides is 1. The molecular formula is C23H26N4O3. The van der Waals surface area contributed by atoms with Crippen molar-refractivity contribution in [1.82, 2.24) is 4.90 Å². The molecular weight excluding hydrogens is 380 g/mol. The number of benzene rings is 2. The number of rotatable bonds is 6. The second kappa shape index (κ2) is 9.70. The largest absolute Gasteiger partial charge is 0.493 e. The third kappa shape index (κ3) is 5.03. The molecule has 1 saturated heterocycles. The maximum absolute atomic E-state index is 12.6. The van der Waals surface area contributed by atoms with Gasteiger partial charge in [0.25, 0.3) is 5.91 Å². The van der Waals surface area contributed by atoms with E-state index in [1.807, 2.05) is 11.0 Å². The van der Waals surface area contributed by atoms with Crippen LogP contribution in [0.4, 0.5) is 11.4 Å². The summed E-state index contributed by atoms with van der Waals surface area (Å²) in [6.45, 7) is 5.22. The Balaban J connectivity index is 1.63. The minimum absolute atomic E-state index is 0.0637. The maximum Gasteiger partial charge on any atom is 0.267 e. The zero-order chi connectivity index (χ0) is 21.5. The molecule has 0 unspecified atom stereocenters. The van der Waals surface area contributed by atoms with E-state index in [1.165, 1.54) is 18.4 Å². The Kier molecular flexibility index (Phi) is 6.81. The van der Waals surface area contributed by atoms with Crippen LogP contribution >= 0.6 is 0 Å². The van der Waals surface area contributed by atoms with Crippen molar-refractivity contribution in [1.29, 1.82) is 5.26 Å². The normalized spacial score (nSPS) is 14.1. The van der Waals surface area contributed by atoms with Crippen molar-refractivity contribution in [2.45, 2.75) is 6.92 Å². The molecule has 0 atom stereocenters. The zero-order valence-electron chi connectivity index (χ0n) is 17.5. The lowest BCUT2D eigenvalue weighted by molar-refractivity contribution is -0.112. The molecule has 0 saturated carbocycles. The molecule has 0 radical (unpaired) electrons. The zero-order valence-corrected chi connectivity index (χ0v) is 17.5. The smallest absolute Gasteiger partial charge is 0.267 e. The second-order valence-corrected chi connectivity index (χ2v) is 7.04. The number of carbonyl (C=O) groups is 1. The van der Waals surface area contributed by atoms with Crippen LogP contribution in [0, 0.1) is 18.3 Å². The van der Waals surface area contributed by atoms with Gasteiger partial charge in [0.15, 0.2) is 11.5 Å². The number of ether oxygens (including phenoxy) is 2. The van der Waals surface area contributed by atoms with Gasteiger partial charge in [0.2, 0.25) is 0 Å². The van der Waals surface area contributed by atoms with Gasteiger partial charge in [-0.1, -0.05) is 12.1 Å². The van der Waals surface area contributed by atoms with E-state index in [9.17, 15) is 10.1 Å². The molecule has 7 nitrogen and oxygen atoms in total. The van der Waals surface area contributed by atoms with E-state index in [2.05, 4.69) is 41.4 Å². The van der Waals surface area contributed by atoms with E-state index >= 15 is 0 Å². The third-order valence-corrected chi connectivity index (χ3v) is 5.00. The molecule has 3 rings (SSSR count). The predicted octanol–water partition coefficient (Wildman–Crippen LogP) is 3.18. The van der Waals surface area contributed by atoms with E-state index in [4.69, 9.17) is 9.47 Å². The lowest BCUT2D eigenvalue weighted by Crippen LogP contribution is -2.44. The topological polar surface area (TPSA) is 77.8 Å². The average molecular weight is 406 g/mol. The van der Waals surface area contributed by atoms with Crippen molar-refractivity contribution >= 4 is 17.3 Å². The molecule has 0 bridgehead atoms. The molecule has 7 heteroatoms. The molecule has 1 heterocycles. The summed E-state index contributed by atoms with van der Waals surface area (Å²) in [4.78, 5) is 16.9. The number of hydrogen-bond acceptors (Lipinski definition) is 6. The van der Waals surface area contributed by atoms with Gasteiger partial charge < -0.3 is 24.6 Å². The quantitative estimate of drug-likeness (QED) is 0.586. The van der Waals surface area contributed by atoms with E-state index in [-0.39, 0.29) is 5.57 Å². The summed E-state index contributed by atoms with van der Waals surface area (Å²) in [5.41, 5.74) is 3.02. The first-order valence-electron chi connectivity index (χ1n) is 9.75. The summed E-state index contributed by atoms with van der Waals surface area (Å²) in [5.74, 6) is 0.619. The van der Waals surface area contributed by atoms with Crippen molar-refractivity contribution in [3.8, 4) is 17.6 Å². The van der Waals surface area contributed by atoms with Crippen LogP contribution in [0.3, 0.4) is 0 Å². The first kappa shape index (κ1) is 21.1. The molecule has 2 aromatic rings. The van der Waals surface area contributed by atoms with Gasteiger partial charge in [-0.2, -0.15) is 5.26 Å². The van der Waals surface area contributed by atoms with Crippen LogP contribution in [0.1, 0.15) is 5.56 Å². The first-order chi connectivity index (χ1) is 14.5. The third-order valence-electron chi connectivity index (χ3n) is 5.00. The number of nitrogens with one attached hydrogen (secondary N) is 1. The van der Waals surface area contributed by atoms with Crippen LogP contribution in [0.5, 0.6) is 11.5 Å². The first-order valence-corrected chi connectivity index (χ1v) is 9.75. The minimum Gasteiger partial charge on any atom is -0.493 e. The van der Waals surface area contributed by atoms with Crippen LogP contribution < -0.4 is 19.7 Å². The van der Waals surface area contributed by atoms with Gasteiger partial charge >= 0.3 is 0 Å². The number of nitriles is 1. The molecule has 1 amide bonds. The molecule has 1 aliphatic heterocycles. The van der Waals surface area contributed by atoms with Crippen molar-refractivity contribution in [2.75, 3.05) is 50.6 Å². The molecule has 1 fully saturated rings. The van der Waals surface area contributed by atoms with Crippen LogP contribution in [-0.4, -0.2) is 51.2 Å². The molecule has 2 aromatic carbocycles. The van der Waals surface area contributed by atoms with E-state index in [1.54, 1.807) is 31.5 Å². The highest BCUT2D eigenvalue weighted by molar-refractivity contribution is 6.06. The molecule has 1 aliphatic rings. The van der Waals surface area contributed by atoms with Gasteiger partial charge in [-0.05, 0) is 36.8 Å². The predicted molar refractivity (Wildman–Crippen MR) is 117 cm³/mol. The lowest BCUT2D eigenvalue weighted by atomic mass is 10.2. The second-order valence-electron chi connectivity index (χ2n) is 7.04. The van der Waals surface area contributed by atoms with Crippen LogP contribution in [-0.2, 0) is 4.79 Å². The number of carbonyl (C=O) groups excluding carboxylic acids is 1. The highest BCUT2D eigenvalue weighted by atomic mass is 16.5. The van der Waals surface area contributed by atoms with Gasteiger partial charge in [-0.25, -0.2) is 0 Å². The SMILES string of the molecule is COc1ccc(NC(=O)/C(C#N)=C\N2CCN(c3cccc(C)c3)CC2)cc1OC. The number of nitrogens with zero attached hydrogens (tertiary/aromatic N) is 3. The fraction of sp³-hybridized carbons (Fsp3) is 0.304. The Labute approximate surface area is 177 Å². The number of aryl methyl sites for hydroxylation is 1. The number of piperazine rings is 1. The van der Waals surface area contributed by atoms with Gasteiger partial charge in [0, 0.05) is 49.8 Å². The fourth-order valence-corrected chi connectivity index (χ4v) is 3.37. The summed E-state index contributed by atoms with van der Waals surface area (Å²) in [7, 11) is 3.08. The number of hydrogen-bond donors (Lipinski definition) is 1. The van der Waals surface area contributed by atoms with Gasteiger partial charge in [-0.3, -0.25) is 4.79 Å². The van der Waals surface area contributed by atoms with E-state index < -0.39 is 5.91 Å². The van der Waals surface area contributed by atoms with Crippen molar-refractivity contribution in [3.05, 3.63) is 59.8 Å². The summed E-state index contributed by atoms with van der Waals surface area (Å²) in [5, 5.41) is 12.2. The van der Waals surface area contributed by atoms with E-state index in [0.29, 0.717) is 17.2 Å². The van der Waals surface area contributed by atoms with Crippen LogP contribution in [0.2, 0.25) is 0 Å². The molecule has 0 spiro atoms. The fourth-order valence-electron chi connectivity index (χ4n) is 3.37. The lowest BCUT2D eigenvalue weighted by Gasteiger charge is -2.35. The summed E-state index contributed by atoms with van der Waals surface area (Å²) in [6, 6.07) is 15.5. The number of anilines is 2. The van der Waals surface area contributed by atoms with Crippen molar-refractivity contribution < 1.29 is 14.3 Å². The molecule has 0 aromatic heterocycles. The van der Waals surface area contributed by atoms with Gasteiger partial charge in [0.05, 0.1) is 14.2 Å². The highest BCUT2D eigenvalue weighted by Gasteiger charge is 2.18. The molecule has 0 aliphatic carbocycles. The summed E-state index contributed by atoms with van der Waals surface area (Å²) in [6.07, 6.45) is 1.64.